The van der Waals surface area contributed by atoms with Crippen LogP contribution in [0.5, 0.6) is 0 Å². The molecule has 3 aromatic carbocycles. The van der Waals surface area contributed by atoms with Crippen molar-refractivity contribution in [3.63, 3.8) is 0 Å². The van der Waals surface area contributed by atoms with Crippen molar-refractivity contribution in [2.24, 2.45) is 0 Å². The lowest BCUT2D eigenvalue weighted by molar-refractivity contribution is 0.615. The number of halogens is 1. The average Bonchev–Trinajstić information content (AvgIpc) is 3.25. The highest BCUT2D eigenvalue weighted by Gasteiger charge is 2.19. The normalized spacial score (nSPS) is 11.2. The third kappa shape index (κ3) is 4.20. The first-order chi connectivity index (χ1) is 16.5. The van der Waals surface area contributed by atoms with E-state index in [4.69, 9.17) is 11.6 Å². The zero-order valence-corrected chi connectivity index (χ0v) is 19.4. The lowest BCUT2D eigenvalue weighted by atomic mass is 10.1. The van der Waals surface area contributed by atoms with Crippen molar-refractivity contribution in [1.82, 2.24) is 18.7 Å². The second-order valence-electron chi connectivity index (χ2n) is 8.32. The number of aromatic nitrogens is 4. The number of aryl methyl sites for hydroxylation is 2. The van der Waals surface area contributed by atoms with Crippen LogP contribution in [0.1, 0.15) is 16.7 Å². The Bertz CT molecular complexity index is 1560. The van der Waals surface area contributed by atoms with E-state index in [0.29, 0.717) is 34.8 Å². The topological polar surface area (TPSA) is 61.8 Å². The quantitative estimate of drug-likeness (QED) is 0.364. The maximum atomic E-state index is 13.6. The molecule has 0 amide bonds. The molecule has 0 unspecified atom stereocenters. The molecule has 0 spiro atoms. The summed E-state index contributed by atoms with van der Waals surface area (Å²) >= 11 is 6.07. The van der Waals surface area contributed by atoms with Crippen molar-refractivity contribution in [2.75, 3.05) is 0 Å². The Morgan fingerprint density at radius 1 is 0.853 bits per heavy atom. The van der Waals surface area contributed by atoms with Crippen molar-refractivity contribution in [3.8, 4) is 5.69 Å². The fourth-order valence-electron chi connectivity index (χ4n) is 4.10. The molecule has 0 atom stereocenters. The van der Waals surface area contributed by atoms with Gasteiger partial charge in [0, 0.05) is 18.1 Å². The van der Waals surface area contributed by atoms with Crippen molar-refractivity contribution in [1.29, 1.82) is 0 Å². The first kappa shape index (κ1) is 21.9. The molecule has 0 saturated carbocycles. The van der Waals surface area contributed by atoms with E-state index in [1.807, 2.05) is 66.1 Å². The van der Waals surface area contributed by atoms with Gasteiger partial charge in [-0.1, -0.05) is 71.8 Å². The Labute approximate surface area is 201 Å². The minimum Gasteiger partial charge on any atom is -0.320 e. The SMILES string of the molecule is Cc1ccc(Cn2cnc3c2c(=O)n(CCc2ccccc2)c(=O)n3-c2ccc(Cl)cc2)cc1. The maximum absolute atomic E-state index is 13.6. The van der Waals surface area contributed by atoms with Gasteiger partial charge in [0.2, 0.25) is 0 Å². The van der Waals surface area contributed by atoms with Gasteiger partial charge in [-0.2, -0.15) is 0 Å². The Kier molecular flexibility index (Phi) is 5.90. The molecule has 5 aromatic rings. The van der Waals surface area contributed by atoms with Crippen molar-refractivity contribution in [3.05, 3.63) is 128 Å². The van der Waals surface area contributed by atoms with Crippen molar-refractivity contribution >= 4 is 22.8 Å². The van der Waals surface area contributed by atoms with Crippen molar-refractivity contribution in [2.45, 2.75) is 26.4 Å². The van der Waals surface area contributed by atoms with Gasteiger partial charge in [0.25, 0.3) is 5.56 Å². The molecule has 0 radical (unpaired) electrons. The van der Waals surface area contributed by atoms with Crippen LogP contribution < -0.4 is 11.2 Å². The highest BCUT2D eigenvalue weighted by molar-refractivity contribution is 6.30. The third-order valence-corrected chi connectivity index (χ3v) is 6.18. The molecule has 34 heavy (non-hydrogen) atoms. The summed E-state index contributed by atoms with van der Waals surface area (Å²) < 4.78 is 4.61. The van der Waals surface area contributed by atoms with E-state index in [1.165, 1.54) is 14.7 Å². The first-order valence-electron chi connectivity index (χ1n) is 11.1. The average molecular weight is 471 g/mol. The van der Waals surface area contributed by atoms with Gasteiger partial charge in [0.05, 0.1) is 12.0 Å². The van der Waals surface area contributed by atoms with Crippen LogP contribution in [0.15, 0.2) is 94.8 Å². The first-order valence-corrected chi connectivity index (χ1v) is 11.4. The van der Waals surface area contributed by atoms with Gasteiger partial charge >= 0.3 is 5.69 Å². The second kappa shape index (κ2) is 9.15. The van der Waals surface area contributed by atoms with Crippen molar-refractivity contribution < 1.29 is 0 Å². The summed E-state index contributed by atoms with van der Waals surface area (Å²) in [4.78, 5) is 31.7. The third-order valence-electron chi connectivity index (χ3n) is 5.93. The molecule has 170 valence electrons. The smallest absolute Gasteiger partial charge is 0.320 e. The Morgan fingerprint density at radius 2 is 1.56 bits per heavy atom. The standard InChI is InChI=1S/C27H23ClN4O2/c1-19-7-9-21(10-8-19)17-30-18-29-25-24(30)26(33)31(16-15-20-5-3-2-4-6-20)27(34)32(25)23-13-11-22(28)12-14-23/h2-14,18H,15-17H2,1H3. The van der Waals surface area contributed by atoms with Crippen LogP contribution in [0.2, 0.25) is 5.02 Å². The molecule has 0 N–H and O–H groups in total. The van der Waals surface area contributed by atoms with Gasteiger partial charge < -0.3 is 4.57 Å². The summed E-state index contributed by atoms with van der Waals surface area (Å²) in [5, 5.41) is 0.565. The zero-order chi connectivity index (χ0) is 23.7. The molecule has 0 aliphatic carbocycles. The number of rotatable bonds is 6. The summed E-state index contributed by atoms with van der Waals surface area (Å²) in [5.41, 5.74) is 3.84. The minimum atomic E-state index is -0.420. The van der Waals surface area contributed by atoms with Gasteiger partial charge in [-0.15, -0.1) is 0 Å². The Morgan fingerprint density at radius 3 is 2.26 bits per heavy atom. The van der Waals surface area contributed by atoms with Crippen LogP contribution in [0, 0.1) is 6.92 Å². The Balaban J connectivity index is 1.68. The summed E-state index contributed by atoms with van der Waals surface area (Å²) in [6, 6.07) is 24.9. The number of hydrogen-bond acceptors (Lipinski definition) is 3. The van der Waals surface area contributed by atoms with Crippen LogP contribution in [-0.4, -0.2) is 18.7 Å². The summed E-state index contributed by atoms with van der Waals surface area (Å²) in [7, 11) is 0. The van der Waals surface area contributed by atoms with E-state index in [1.54, 1.807) is 30.6 Å². The van der Waals surface area contributed by atoms with Crippen LogP contribution in [0.4, 0.5) is 0 Å². The molecular formula is C27H23ClN4O2. The molecule has 0 saturated heterocycles. The summed E-state index contributed by atoms with van der Waals surface area (Å²) in [6.07, 6.45) is 2.19. The molecule has 0 aliphatic heterocycles. The predicted octanol–water partition coefficient (Wildman–Crippen LogP) is 4.60. The van der Waals surface area contributed by atoms with E-state index in [-0.39, 0.29) is 12.1 Å². The Hall–Kier alpha value is -3.90. The number of nitrogens with zero attached hydrogens (tertiary/aromatic N) is 4. The largest absolute Gasteiger partial charge is 0.337 e. The molecular weight excluding hydrogens is 448 g/mol. The molecule has 5 rings (SSSR count). The van der Waals surface area contributed by atoms with E-state index in [0.717, 1.165) is 11.1 Å². The molecule has 0 fully saturated rings. The lowest BCUT2D eigenvalue weighted by Gasteiger charge is -2.13. The van der Waals surface area contributed by atoms with Crippen LogP contribution >= 0.6 is 11.6 Å². The fraction of sp³-hybridized carbons (Fsp3) is 0.148. The van der Waals surface area contributed by atoms with E-state index >= 15 is 0 Å². The van der Waals surface area contributed by atoms with Gasteiger partial charge in [0.1, 0.15) is 0 Å². The van der Waals surface area contributed by atoms with Gasteiger partial charge in [0.15, 0.2) is 11.2 Å². The monoisotopic (exact) mass is 470 g/mol. The predicted molar refractivity (Wildman–Crippen MR) is 135 cm³/mol. The molecule has 0 aliphatic rings. The summed E-state index contributed by atoms with van der Waals surface area (Å²) in [6.45, 7) is 2.77. The summed E-state index contributed by atoms with van der Waals surface area (Å²) in [5.74, 6) is 0. The number of benzene rings is 3. The number of imidazole rings is 1. The van der Waals surface area contributed by atoms with Gasteiger partial charge in [-0.25, -0.2) is 14.3 Å². The second-order valence-corrected chi connectivity index (χ2v) is 8.75. The molecule has 0 bridgehead atoms. The highest BCUT2D eigenvalue weighted by Crippen LogP contribution is 2.17. The van der Waals surface area contributed by atoms with Gasteiger partial charge in [-0.05, 0) is 48.7 Å². The van der Waals surface area contributed by atoms with E-state index in [9.17, 15) is 9.59 Å². The van der Waals surface area contributed by atoms with Gasteiger partial charge in [-0.3, -0.25) is 9.36 Å². The minimum absolute atomic E-state index is 0.265. The number of hydrogen-bond donors (Lipinski definition) is 0. The van der Waals surface area contributed by atoms with E-state index < -0.39 is 5.69 Å². The highest BCUT2D eigenvalue weighted by atomic mass is 35.5. The molecule has 7 heteroatoms. The van der Waals surface area contributed by atoms with Crippen LogP contribution in [0.3, 0.4) is 0 Å². The molecule has 2 aromatic heterocycles. The maximum Gasteiger partial charge on any atom is 0.337 e. The molecule has 6 nitrogen and oxygen atoms in total. The fourth-order valence-corrected chi connectivity index (χ4v) is 4.22. The van der Waals surface area contributed by atoms with E-state index in [2.05, 4.69) is 4.98 Å². The zero-order valence-electron chi connectivity index (χ0n) is 18.7. The lowest BCUT2D eigenvalue weighted by Crippen LogP contribution is -2.40. The molecule has 2 heterocycles. The van der Waals surface area contributed by atoms with Crippen LogP contribution in [0.25, 0.3) is 16.9 Å². The van der Waals surface area contributed by atoms with Crippen LogP contribution in [-0.2, 0) is 19.5 Å². The number of fused-ring (bicyclic) bond motifs is 1.